The summed E-state index contributed by atoms with van der Waals surface area (Å²) in [6, 6.07) is 8.70. The molecule has 1 aliphatic rings. The number of nitrogens with zero attached hydrogens (tertiary/aromatic N) is 2. The van der Waals surface area contributed by atoms with Crippen molar-refractivity contribution in [1.29, 1.82) is 0 Å². The summed E-state index contributed by atoms with van der Waals surface area (Å²) in [5, 5.41) is 6.72. The highest BCUT2D eigenvalue weighted by molar-refractivity contribution is 5.79. The fourth-order valence-corrected chi connectivity index (χ4v) is 2.65. The molecular weight excluding hydrogens is 288 g/mol. The normalized spacial score (nSPS) is 16.3. The standard InChI is InChI=1S/C18H30N4O/c1-14-5-9-16(10-6-14)23-12-11-20-18(19-2)21-13-17(22(3)4)15-7-8-15/h5-6,9-10,15,17H,7-8,11-13H2,1-4H3,(H2,19,20,21). The molecule has 1 aromatic rings. The van der Waals surface area contributed by atoms with Gasteiger partial charge in [-0.3, -0.25) is 4.99 Å². The number of ether oxygens (including phenoxy) is 1. The van der Waals surface area contributed by atoms with Crippen LogP contribution >= 0.6 is 0 Å². The summed E-state index contributed by atoms with van der Waals surface area (Å²) in [6.07, 6.45) is 2.70. The van der Waals surface area contributed by atoms with E-state index in [9.17, 15) is 0 Å². The van der Waals surface area contributed by atoms with Crippen LogP contribution in [0.2, 0.25) is 0 Å². The number of rotatable bonds is 8. The zero-order chi connectivity index (χ0) is 16.7. The minimum absolute atomic E-state index is 0.581. The monoisotopic (exact) mass is 318 g/mol. The second-order valence-corrected chi connectivity index (χ2v) is 6.41. The van der Waals surface area contributed by atoms with Crippen LogP contribution in [0.3, 0.4) is 0 Å². The van der Waals surface area contributed by atoms with Crippen molar-refractivity contribution < 1.29 is 4.74 Å². The molecule has 1 aromatic carbocycles. The van der Waals surface area contributed by atoms with Crippen molar-refractivity contribution in [1.82, 2.24) is 15.5 Å². The van der Waals surface area contributed by atoms with E-state index in [0.717, 1.165) is 30.7 Å². The van der Waals surface area contributed by atoms with E-state index in [1.54, 1.807) is 7.05 Å². The lowest BCUT2D eigenvalue weighted by Gasteiger charge is -2.25. The molecule has 1 aliphatic carbocycles. The molecule has 0 bridgehead atoms. The fourth-order valence-electron chi connectivity index (χ4n) is 2.65. The molecule has 5 heteroatoms. The van der Waals surface area contributed by atoms with Crippen LogP contribution in [-0.2, 0) is 0 Å². The van der Waals surface area contributed by atoms with Gasteiger partial charge >= 0.3 is 0 Å². The Kier molecular flexibility index (Phi) is 6.71. The summed E-state index contributed by atoms with van der Waals surface area (Å²) in [7, 11) is 6.10. The average molecular weight is 318 g/mol. The van der Waals surface area contributed by atoms with Crippen molar-refractivity contribution in [3.63, 3.8) is 0 Å². The van der Waals surface area contributed by atoms with Crippen LogP contribution in [0.4, 0.5) is 0 Å². The van der Waals surface area contributed by atoms with Gasteiger partial charge in [-0.25, -0.2) is 0 Å². The molecule has 1 saturated carbocycles. The molecular formula is C18H30N4O. The molecule has 2 N–H and O–H groups in total. The molecule has 0 aliphatic heterocycles. The Morgan fingerprint density at radius 1 is 1.26 bits per heavy atom. The van der Waals surface area contributed by atoms with E-state index >= 15 is 0 Å². The van der Waals surface area contributed by atoms with Gasteiger partial charge in [-0.1, -0.05) is 17.7 Å². The van der Waals surface area contributed by atoms with Gasteiger partial charge in [-0.15, -0.1) is 0 Å². The van der Waals surface area contributed by atoms with Gasteiger partial charge in [0.1, 0.15) is 12.4 Å². The summed E-state index contributed by atoms with van der Waals surface area (Å²) in [5.41, 5.74) is 1.24. The van der Waals surface area contributed by atoms with Gasteiger partial charge in [-0.05, 0) is 51.9 Å². The Morgan fingerprint density at radius 2 is 1.96 bits per heavy atom. The Hall–Kier alpha value is -1.75. The molecule has 1 fully saturated rings. The smallest absolute Gasteiger partial charge is 0.191 e. The van der Waals surface area contributed by atoms with Crippen molar-refractivity contribution in [3.8, 4) is 5.75 Å². The first kappa shape index (κ1) is 17.6. The molecule has 1 atom stereocenters. The van der Waals surface area contributed by atoms with Gasteiger partial charge in [0.05, 0.1) is 6.54 Å². The largest absolute Gasteiger partial charge is 0.492 e. The maximum Gasteiger partial charge on any atom is 0.191 e. The Labute approximate surface area is 140 Å². The maximum absolute atomic E-state index is 5.71. The van der Waals surface area contributed by atoms with Gasteiger partial charge < -0.3 is 20.3 Å². The third-order valence-corrected chi connectivity index (χ3v) is 4.22. The van der Waals surface area contributed by atoms with E-state index < -0.39 is 0 Å². The van der Waals surface area contributed by atoms with Crippen LogP contribution in [0, 0.1) is 12.8 Å². The van der Waals surface area contributed by atoms with E-state index in [-0.39, 0.29) is 0 Å². The fraction of sp³-hybridized carbons (Fsp3) is 0.611. The number of benzene rings is 1. The highest BCUT2D eigenvalue weighted by atomic mass is 16.5. The highest BCUT2D eigenvalue weighted by Gasteiger charge is 2.32. The SMILES string of the molecule is CN=C(NCCOc1ccc(C)cc1)NCC(C1CC1)N(C)C. The molecule has 0 heterocycles. The zero-order valence-electron chi connectivity index (χ0n) is 14.8. The van der Waals surface area contributed by atoms with Gasteiger partial charge in [0, 0.05) is 19.6 Å². The molecule has 0 spiro atoms. The first-order valence-electron chi connectivity index (χ1n) is 8.40. The third kappa shape index (κ3) is 6.10. The third-order valence-electron chi connectivity index (χ3n) is 4.22. The second kappa shape index (κ2) is 8.77. The highest BCUT2D eigenvalue weighted by Crippen LogP contribution is 2.34. The molecule has 0 aromatic heterocycles. The molecule has 0 radical (unpaired) electrons. The van der Waals surface area contributed by atoms with Crippen LogP contribution in [0.15, 0.2) is 29.3 Å². The van der Waals surface area contributed by atoms with Crippen molar-refractivity contribution >= 4 is 5.96 Å². The predicted molar refractivity (Wildman–Crippen MR) is 96.2 cm³/mol. The molecule has 5 nitrogen and oxygen atoms in total. The van der Waals surface area contributed by atoms with Crippen LogP contribution < -0.4 is 15.4 Å². The maximum atomic E-state index is 5.71. The molecule has 23 heavy (non-hydrogen) atoms. The number of nitrogens with one attached hydrogen (secondary N) is 2. The van der Waals surface area contributed by atoms with E-state index in [1.807, 2.05) is 12.1 Å². The first-order valence-corrected chi connectivity index (χ1v) is 8.40. The molecule has 1 unspecified atom stereocenters. The van der Waals surface area contributed by atoms with Crippen LogP contribution in [-0.4, -0.2) is 57.7 Å². The minimum Gasteiger partial charge on any atom is -0.492 e. The number of hydrogen-bond acceptors (Lipinski definition) is 3. The van der Waals surface area contributed by atoms with E-state index in [4.69, 9.17) is 4.74 Å². The van der Waals surface area contributed by atoms with E-state index in [0.29, 0.717) is 12.6 Å². The van der Waals surface area contributed by atoms with Crippen molar-refractivity contribution in [2.75, 3.05) is 40.8 Å². The quantitative estimate of drug-likeness (QED) is 0.436. The summed E-state index contributed by atoms with van der Waals surface area (Å²) in [4.78, 5) is 6.58. The average Bonchev–Trinajstić information content (AvgIpc) is 3.36. The Balaban J connectivity index is 1.65. The number of aryl methyl sites for hydroxylation is 1. The number of hydrogen-bond donors (Lipinski definition) is 2. The summed E-state index contributed by atoms with van der Waals surface area (Å²) in [5.74, 6) is 2.58. The van der Waals surface area contributed by atoms with Crippen LogP contribution in [0.5, 0.6) is 5.75 Å². The Bertz CT molecular complexity index is 492. The van der Waals surface area contributed by atoms with Gasteiger partial charge in [-0.2, -0.15) is 0 Å². The predicted octanol–water partition coefficient (Wildman–Crippen LogP) is 1.88. The lowest BCUT2D eigenvalue weighted by Crippen LogP contribution is -2.46. The van der Waals surface area contributed by atoms with Crippen LogP contribution in [0.1, 0.15) is 18.4 Å². The molecule has 2 rings (SSSR count). The Morgan fingerprint density at radius 3 is 2.52 bits per heavy atom. The van der Waals surface area contributed by atoms with Crippen molar-refractivity contribution in [3.05, 3.63) is 29.8 Å². The lowest BCUT2D eigenvalue weighted by molar-refractivity contribution is 0.263. The van der Waals surface area contributed by atoms with E-state index in [1.165, 1.54) is 18.4 Å². The molecule has 0 saturated heterocycles. The van der Waals surface area contributed by atoms with Gasteiger partial charge in [0.2, 0.25) is 0 Å². The second-order valence-electron chi connectivity index (χ2n) is 6.41. The topological polar surface area (TPSA) is 48.9 Å². The number of likely N-dealkylation sites (N-methyl/N-ethyl adjacent to an activating group) is 1. The van der Waals surface area contributed by atoms with E-state index in [2.05, 4.69) is 53.7 Å². The number of guanidine groups is 1. The lowest BCUT2D eigenvalue weighted by atomic mass is 10.1. The summed E-state index contributed by atoms with van der Waals surface area (Å²) >= 11 is 0. The van der Waals surface area contributed by atoms with Crippen molar-refractivity contribution in [2.24, 2.45) is 10.9 Å². The molecule has 0 amide bonds. The summed E-state index contributed by atoms with van der Waals surface area (Å²) < 4.78 is 5.71. The van der Waals surface area contributed by atoms with Crippen molar-refractivity contribution in [2.45, 2.75) is 25.8 Å². The van der Waals surface area contributed by atoms with Gasteiger partial charge in [0.15, 0.2) is 5.96 Å². The minimum atomic E-state index is 0.581. The first-order chi connectivity index (χ1) is 11.1. The van der Waals surface area contributed by atoms with Gasteiger partial charge in [0.25, 0.3) is 0 Å². The molecule has 128 valence electrons. The zero-order valence-corrected chi connectivity index (χ0v) is 14.8. The summed E-state index contributed by atoms with van der Waals surface area (Å²) in [6.45, 7) is 4.34. The van der Waals surface area contributed by atoms with Crippen LogP contribution in [0.25, 0.3) is 0 Å². The number of aliphatic imine (C=N–C) groups is 1.